The third kappa shape index (κ3) is 8.11. The molecule has 15 heteroatoms. The molecule has 2 aromatic heterocycles. The lowest BCUT2D eigenvalue weighted by Crippen LogP contribution is -2.50. The van der Waals surface area contributed by atoms with Gasteiger partial charge >= 0.3 is 0 Å². The lowest BCUT2D eigenvalue weighted by atomic mass is 10.1. The van der Waals surface area contributed by atoms with Crippen LogP contribution in [0.2, 0.25) is 36.3 Å². The predicted octanol–water partition coefficient (Wildman–Crippen LogP) is 5.85. The van der Waals surface area contributed by atoms with Gasteiger partial charge in [-0.05, 0) is 48.4 Å². The van der Waals surface area contributed by atoms with Crippen LogP contribution in [-0.2, 0) is 23.1 Å². The van der Waals surface area contributed by atoms with Crippen molar-refractivity contribution in [3.8, 4) is 6.07 Å². The van der Waals surface area contributed by atoms with E-state index in [9.17, 15) is 19.6 Å². The van der Waals surface area contributed by atoms with Crippen LogP contribution in [0, 0.1) is 11.3 Å². The van der Waals surface area contributed by atoms with Crippen LogP contribution in [0.25, 0.3) is 11.2 Å². The third-order valence-corrected chi connectivity index (χ3v) is 18.8. The van der Waals surface area contributed by atoms with Gasteiger partial charge in [-0.15, -0.1) is 0 Å². The van der Waals surface area contributed by atoms with Crippen molar-refractivity contribution in [1.29, 1.82) is 5.26 Å². The number of carbonyl (C=O) groups is 2. The van der Waals surface area contributed by atoms with E-state index in [1.165, 1.54) is 13.3 Å². The minimum Gasteiger partial charge on any atom is -0.414 e. The van der Waals surface area contributed by atoms with Gasteiger partial charge in [-0.3, -0.25) is 24.3 Å². The number of hydrogen-bond donors (Lipinski definition) is 1. The van der Waals surface area contributed by atoms with Crippen LogP contribution in [-0.4, -0.2) is 79.1 Å². The van der Waals surface area contributed by atoms with E-state index in [1.54, 1.807) is 34.9 Å². The molecular formula is C34H50N6O7Si2. The van der Waals surface area contributed by atoms with Gasteiger partial charge < -0.3 is 18.3 Å². The summed E-state index contributed by atoms with van der Waals surface area (Å²) in [4.78, 5) is 48.9. The van der Waals surface area contributed by atoms with E-state index in [2.05, 4.69) is 89.1 Å². The molecule has 0 radical (unpaired) electrons. The molecule has 1 fully saturated rings. The number of nitriles is 1. The van der Waals surface area contributed by atoms with Crippen molar-refractivity contribution in [2.24, 2.45) is 0 Å². The van der Waals surface area contributed by atoms with Crippen LogP contribution in [0.1, 0.15) is 71.5 Å². The van der Waals surface area contributed by atoms with E-state index in [-0.39, 0.29) is 52.4 Å². The first-order valence-corrected chi connectivity index (χ1v) is 22.3. The van der Waals surface area contributed by atoms with Gasteiger partial charge in [0.1, 0.15) is 18.3 Å². The number of nitrogens with one attached hydrogen (secondary N) is 1. The molecule has 1 aromatic carbocycles. The summed E-state index contributed by atoms with van der Waals surface area (Å²) in [7, 11) is -4.70. The lowest BCUT2D eigenvalue weighted by molar-refractivity contribution is -0.114. The predicted molar refractivity (Wildman–Crippen MR) is 191 cm³/mol. The molecule has 1 N–H and O–H groups in total. The molecule has 1 amide bonds. The second-order valence-electron chi connectivity index (χ2n) is 15.5. The number of amides is 1. The fourth-order valence-corrected chi connectivity index (χ4v) is 7.25. The van der Waals surface area contributed by atoms with E-state index in [0.29, 0.717) is 0 Å². The molecule has 3 aromatic rings. The fraction of sp³-hybridized carbons (Fsp3) is 0.588. The molecule has 3 heterocycles. The highest BCUT2D eigenvalue weighted by molar-refractivity contribution is 6.74. The van der Waals surface area contributed by atoms with E-state index >= 15 is 0 Å². The Morgan fingerprint density at radius 3 is 2.22 bits per heavy atom. The topological polar surface area (TPSA) is 160 Å². The van der Waals surface area contributed by atoms with Gasteiger partial charge in [-0.1, -0.05) is 59.7 Å². The highest BCUT2D eigenvalue weighted by atomic mass is 28.4. The van der Waals surface area contributed by atoms with E-state index in [0.717, 1.165) is 4.57 Å². The second kappa shape index (κ2) is 14.4. The van der Waals surface area contributed by atoms with Crippen LogP contribution in [0.4, 0.5) is 5.95 Å². The number of rotatable bonds is 11. The number of aromatic nitrogens is 4. The van der Waals surface area contributed by atoms with E-state index in [1.807, 2.05) is 0 Å². The molecule has 0 aliphatic carbocycles. The Kier molecular flexibility index (Phi) is 11.2. The summed E-state index contributed by atoms with van der Waals surface area (Å²) in [6, 6.07) is 10.4. The van der Waals surface area contributed by atoms with Gasteiger partial charge in [0.05, 0.1) is 32.0 Å². The molecular weight excluding hydrogens is 661 g/mol. The minimum absolute atomic E-state index is 0.0547. The Labute approximate surface area is 290 Å². The third-order valence-electron chi connectivity index (χ3n) is 9.84. The maximum absolute atomic E-state index is 14.0. The molecule has 266 valence electrons. The molecule has 13 nitrogen and oxygen atoms in total. The standard InChI is InChI=1S/C34H50N6O7Si2/c1-22(41)37-32-38-28-25(30(43)40(32)29(42)23-16-13-12-14-17-23)36-21-39(28)31-27(47-49(10,11)34(5,6)7)26(44-19-15-18-35)24(46-31)20-45-48(8,9)33(2,3)4/h12-14,16-17,21,24,26-27,31H,15,19-20H2,1-11H3,(H,37,38,41)/t24-,26-,27-,31-/m1/s1. The molecule has 1 aliphatic rings. The largest absolute Gasteiger partial charge is 0.414 e. The maximum Gasteiger partial charge on any atom is 0.290 e. The van der Waals surface area contributed by atoms with Crippen LogP contribution >= 0.6 is 0 Å². The zero-order valence-corrected chi connectivity index (χ0v) is 32.5. The Balaban J connectivity index is 1.88. The Morgan fingerprint density at radius 2 is 1.65 bits per heavy atom. The Morgan fingerprint density at radius 1 is 1.02 bits per heavy atom. The summed E-state index contributed by atoms with van der Waals surface area (Å²) in [5, 5.41) is 11.6. The fourth-order valence-electron chi connectivity index (χ4n) is 4.95. The average Bonchev–Trinajstić information content (AvgIpc) is 3.56. The van der Waals surface area contributed by atoms with Crippen LogP contribution in [0.5, 0.6) is 0 Å². The van der Waals surface area contributed by atoms with Gasteiger partial charge in [0.15, 0.2) is 34.0 Å². The van der Waals surface area contributed by atoms with Gasteiger partial charge in [-0.2, -0.15) is 10.2 Å². The van der Waals surface area contributed by atoms with Crippen molar-refractivity contribution in [3.05, 3.63) is 52.6 Å². The summed E-state index contributed by atoms with van der Waals surface area (Å²) in [5.74, 6) is -1.43. The highest BCUT2D eigenvalue weighted by Gasteiger charge is 2.53. The van der Waals surface area contributed by atoms with Crippen molar-refractivity contribution in [2.75, 3.05) is 18.5 Å². The van der Waals surface area contributed by atoms with Crippen molar-refractivity contribution in [2.45, 2.75) is 116 Å². The molecule has 0 spiro atoms. The van der Waals surface area contributed by atoms with Crippen LogP contribution < -0.4 is 10.9 Å². The first-order valence-electron chi connectivity index (χ1n) is 16.5. The summed E-state index contributed by atoms with van der Waals surface area (Å²) < 4.78 is 29.2. The number of ether oxygens (including phenoxy) is 2. The smallest absolute Gasteiger partial charge is 0.290 e. The van der Waals surface area contributed by atoms with Crippen molar-refractivity contribution in [3.63, 3.8) is 0 Å². The van der Waals surface area contributed by atoms with Crippen LogP contribution in [0.15, 0.2) is 41.5 Å². The van der Waals surface area contributed by atoms with Crippen molar-refractivity contribution >= 4 is 45.6 Å². The number of fused-ring (bicyclic) bond motifs is 1. The van der Waals surface area contributed by atoms with E-state index < -0.39 is 58.5 Å². The minimum atomic E-state index is -2.48. The maximum atomic E-state index is 14.0. The van der Waals surface area contributed by atoms with Crippen molar-refractivity contribution < 1.29 is 27.9 Å². The van der Waals surface area contributed by atoms with Gasteiger partial charge in [0.2, 0.25) is 11.9 Å². The lowest BCUT2D eigenvalue weighted by Gasteiger charge is -2.41. The molecule has 4 atom stereocenters. The number of nitrogens with zero attached hydrogens (tertiary/aromatic N) is 5. The molecule has 1 saturated heterocycles. The molecule has 0 bridgehead atoms. The Hall–Kier alpha value is -3.53. The number of carbonyl (C=O) groups excluding carboxylic acids is 2. The van der Waals surface area contributed by atoms with Gasteiger partial charge in [-0.25, -0.2) is 9.55 Å². The summed E-state index contributed by atoms with van der Waals surface area (Å²) in [6.45, 7) is 23.1. The zero-order valence-electron chi connectivity index (χ0n) is 30.5. The normalized spacial score (nSPS) is 20.4. The molecule has 1 aliphatic heterocycles. The van der Waals surface area contributed by atoms with Gasteiger partial charge in [0, 0.05) is 12.5 Å². The molecule has 0 unspecified atom stereocenters. The molecule has 49 heavy (non-hydrogen) atoms. The monoisotopic (exact) mass is 710 g/mol. The number of benzene rings is 1. The number of imidazole rings is 1. The van der Waals surface area contributed by atoms with Gasteiger partial charge in [0.25, 0.3) is 11.5 Å². The average molecular weight is 711 g/mol. The summed E-state index contributed by atoms with van der Waals surface area (Å²) in [5.41, 5.74) is -0.501. The number of anilines is 1. The first kappa shape index (κ1) is 38.3. The van der Waals surface area contributed by atoms with Crippen LogP contribution in [0.3, 0.4) is 0 Å². The first-order chi connectivity index (χ1) is 22.7. The summed E-state index contributed by atoms with van der Waals surface area (Å²) >= 11 is 0. The van der Waals surface area contributed by atoms with E-state index in [4.69, 9.17) is 18.3 Å². The SMILES string of the molecule is CC(=O)Nc1nc2c(ncn2[C@@H]2O[C@H](CO[Si](C)(C)C(C)(C)C)[C@@H](OCCC#N)[C@H]2O[Si](C)(C)C(C)(C)C)c(=O)n1C(=O)c1ccccc1. The number of hydrogen-bond acceptors (Lipinski definition) is 10. The quantitative estimate of drug-likeness (QED) is 0.189. The summed E-state index contributed by atoms with van der Waals surface area (Å²) in [6.07, 6.45) is -1.20. The zero-order chi connectivity index (χ0) is 36.5. The highest BCUT2D eigenvalue weighted by Crippen LogP contribution is 2.44. The molecule has 0 saturated carbocycles. The Bertz CT molecular complexity index is 1770. The molecule has 4 rings (SSSR count). The van der Waals surface area contributed by atoms with Crippen molar-refractivity contribution in [1.82, 2.24) is 19.1 Å². The second-order valence-corrected chi connectivity index (χ2v) is 25.0.